The van der Waals surface area contributed by atoms with Gasteiger partial charge in [-0.15, -0.1) is 11.8 Å². The van der Waals surface area contributed by atoms with Gasteiger partial charge in [0.05, 0.1) is 0 Å². The topological polar surface area (TPSA) is 110 Å². The number of hydrogen-bond donors (Lipinski definition) is 2. The SMILES string of the molecule is C/C=C/C=C/C(=O)OCC1=C(C(=O)O)N2C(=O)[C@@H](N)[C@H]2SC1. The minimum Gasteiger partial charge on any atom is -0.477 e. The lowest BCUT2D eigenvalue weighted by Gasteiger charge is -2.47. The van der Waals surface area contributed by atoms with E-state index in [2.05, 4.69) is 0 Å². The molecule has 7 nitrogen and oxygen atoms in total. The summed E-state index contributed by atoms with van der Waals surface area (Å²) in [5, 5.41) is 8.95. The van der Waals surface area contributed by atoms with Crippen LogP contribution in [0.2, 0.25) is 0 Å². The van der Waals surface area contributed by atoms with Crippen LogP contribution in [0.15, 0.2) is 35.6 Å². The van der Waals surface area contributed by atoms with Crippen LogP contribution in [0, 0.1) is 0 Å². The van der Waals surface area contributed by atoms with Gasteiger partial charge in [-0.3, -0.25) is 9.69 Å². The van der Waals surface area contributed by atoms with Crippen LogP contribution < -0.4 is 5.73 Å². The Morgan fingerprint density at radius 3 is 2.86 bits per heavy atom. The van der Waals surface area contributed by atoms with Gasteiger partial charge in [-0.25, -0.2) is 9.59 Å². The summed E-state index contributed by atoms with van der Waals surface area (Å²) in [5.74, 6) is -1.86. The lowest BCUT2D eigenvalue weighted by Crippen LogP contribution is -2.68. The van der Waals surface area contributed by atoms with Crippen molar-refractivity contribution in [2.24, 2.45) is 5.73 Å². The van der Waals surface area contributed by atoms with Crippen LogP contribution in [0.4, 0.5) is 0 Å². The number of carbonyl (C=O) groups is 3. The second-order valence-electron chi connectivity index (χ2n) is 4.69. The van der Waals surface area contributed by atoms with Gasteiger partial charge in [-0.2, -0.15) is 0 Å². The summed E-state index contributed by atoms with van der Waals surface area (Å²) < 4.78 is 5.01. The molecule has 0 aromatic heterocycles. The van der Waals surface area contributed by atoms with E-state index in [1.807, 2.05) is 6.92 Å². The molecular formula is C14H16N2O5S. The first-order valence-electron chi connectivity index (χ1n) is 6.59. The van der Waals surface area contributed by atoms with Gasteiger partial charge in [-0.05, 0) is 6.92 Å². The van der Waals surface area contributed by atoms with Crippen LogP contribution in [-0.4, -0.2) is 51.6 Å². The maximum absolute atomic E-state index is 11.7. The molecule has 22 heavy (non-hydrogen) atoms. The molecule has 1 amide bonds. The van der Waals surface area contributed by atoms with Gasteiger partial charge >= 0.3 is 11.9 Å². The number of allylic oxidation sites excluding steroid dienone is 3. The molecule has 8 heteroatoms. The molecule has 1 fully saturated rings. The Kier molecular flexibility index (Phi) is 5.04. The Morgan fingerprint density at radius 1 is 1.50 bits per heavy atom. The number of carboxylic acids is 1. The van der Waals surface area contributed by atoms with Gasteiger partial charge < -0.3 is 15.6 Å². The number of rotatable bonds is 5. The molecule has 2 rings (SSSR count). The molecule has 0 spiro atoms. The van der Waals surface area contributed by atoms with Crippen LogP contribution >= 0.6 is 11.8 Å². The summed E-state index contributed by atoms with van der Waals surface area (Å²) in [6.07, 6.45) is 6.19. The van der Waals surface area contributed by atoms with Gasteiger partial charge in [-0.1, -0.05) is 18.2 Å². The highest BCUT2D eigenvalue weighted by Gasteiger charge is 2.51. The predicted molar refractivity (Wildman–Crippen MR) is 80.6 cm³/mol. The normalized spacial score (nSPS) is 24.6. The fourth-order valence-corrected chi connectivity index (χ4v) is 3.42. The van der Waals surface area contributed by atoms with Crippen LogP contribution in [0.1, 0.15) is 6.92 Å². The Bertz CT molecular complexity index is 596. The van der Waals surface area contributed by atoms with Crippen LogP contribution in [0.25, 0.3) is 0 Å². The van der Waals surface area contributed by atoms with Crippen molar-refractivity contribution in [2.75, 3.05) is 12.4 Å². The molecule has 0 bridgehead atoms. The minimum atomic E-state index is -1.22. The molecule has 0 unspecified atom stereocenters. The quantitative estimate of drug-likeness (QED) is 0.323. The molecule has 2 aliphatic rings. The number of ether oxygens (including phenoxy) is 1. The average Bonchev–Trinajstić information content (AvgIpc) is 2.51. The van der Waals surface area contributed by atoms with Crippen molar-refractivity contribution in [2.45, 2.75) is 18.3 Å². The molecule has 0 radical (unpaired) electrons. The Labute approximate surface area is 131 Å². The van der Waals surface area contributed by atoms with E-state index in [0.717, 1.165) is 0 Å². The fraction of sp³-hybridized carbons (Fsp3) is 0.357. The molecule has 0 saturated carbocycles. The number of fused-ring (bicyclic) bond motifs is 1. The molecule has 0 aliphatic carbocycles. The standard InChI is InChI=1S/C14H16N2O5S/c1-2-3-4-5-9(17)21-6-8-7-22-13-10(15)12(18)16(13)11(8)14(19)20/h2-5,10,13H,6-7,15H2,1H3,(H,19,20)/b3-2+,5-4+/t10-,13-/m1/s1. The predicted octanol–water partition coefficient (Wildman–Crippen LogP) is 0.243. The monoisotopic (exact) mass is 324 g/mol. The minimum absolute atomic E-state index is 0.124. The first-order valence-corrected chi connectivity index (χ1v) is 7.64. The Balaban J connectivity index is 2.09. The summed E-state index contributed by atoms with van der Waals surface area (Å²) >= 11 is 1.37. The average molecular weight is 324 g/mol. The molecule has 2 heterocycles. The van der Waals surface area contributed by atoms with Crippen molar-refractivity contribution in [3.8, 4) is 0 Å². The van der Waals surface area contributed by atoms with Gasteiger partial charge in [0.1, 0.15) is 23.7 Å². The van der Waals surface area contributed by atoms with Crippen molar-refractivity contribution in [1.82, 2.24) is 4.90 Å². The lowest BCUT2D eigenvalue weighted by molar-refractivity contribution is -0.148. The third kappa shape index (κ3) is 3.07. The van der Waals surface area contributed by atoms with Crippen molar-refractivity contribution in [3.63, 3.8) is 0 Å². The van der Waals surface area contributed by atoms with E-state index in [4.69, 9.17) is 10.5 Å². The Hall–Kier alpha value is -2.06. The fourth-order valence-electron chi connectivity index (χ4n) is 2.14. The maximum atomic E-state index is 11.7. The number of thioether (sulfide) groups is 1. The summed E-state index contributed by atoms with van der Waals surface area (Å²) in [4.78, 5) is 35.8. The number of nitrogens with zero attached hydrogens (tertiary/aromatic N) is 1. The molecule has 2 aliphatic heterocycles. The van der Waals surface area contributed by atoms with Gasteiger partial charge in [0.25, 0.3) is 0 Å². The lowest BCUT2D eigenvalue weighted by atomic mass is 10.0. The smallest absolute Gasteiger partial charge is 0.352 e. The van der Waals surface area contributed by atoms with E-state index in [9.17, 15) is 19.5 Å². The van der Waals surface area contributed by atoms with E-state index >= 15 is 0 Å². The number of hydrogen-bond acceptors (Lipinski definition) is 6. The van der Waals surface area contributed by atoms with E-state index in [0.29, 0.717) is 11.3 Å². The Morgan fingerprint density at radius 2 is 2.23 bits per heavy atom. The van der Waals surface area contributed by atoms with E-state index in [1.165, 1.54) is 28.8 Å². The number of esters is 1. The zero-order valence-electron chi connectivity index (χ0n) is 11.9. The molecule has 2 atom stereocenters. The molecule has 118 valence electrons. The highest BCUT2D eigenvalue weighted by Crippen LogP contribution is 2.39. The number of amides is 1. The molecular weight excluding hydrogens is 308 g/mol. The molecule has 3 N–H and O–H groups in total. The maximum Gasteiger partial charge on any atom is 0.352 e. The summed E-state index contributed by atoms with van der Waals surface area (Å²) in [7, 11) is 0. The zero-order chi connectivity index (χ0) is 16.3. The zero-order valence-corrected chi connectivity index (χ0v) is 12.7. The van der Waals surface area contributed by atoms with Crippen molar-refractivity contribution < 1.29 is 24.2 Å². The summed E-state index contributed by atoms with van der Waals surface area (Å²) in [6.45, 7) is 1.64. The molecule has 0 aromatic rings. The third-order valence-corrected chi connectivity index (χ3v) is 4.58. The van der Waals surface area contributed by atoms with Crippen LogP contribution in [-0.2, 0) is 19.1 Å². The van der Waals surface area contributed by atoms with Crippen molar-refractivity contribution >= 4 is 29.6 Å². The highest BCUT2D eigenvalue weighted by atomic mass is 32.2. The first kappa shape index (κ1) is 16.3. The number of carboxylic acid groups (broad SMARTS) is 1. The van der Waals surface area contributed by atoms with E-state index in [-0.39, 0.29) is 17.7 Å². The largest absolute Gasteiger partial charge is 0.477 e. The molecule has 0 aromatic carbocycles. The summed E-state index contributed by atoms with van der Waals surface area (Å²) in [6, 6.07) is -0.674. The number of aliphatic carboxylic acids is 1. The van der Waals surface area contributed by atoms with E-state index < -0.39 is 23.9 Å². The second-order valence-corrected chi connectivity index (χ2v) is 5.79. The first-order chi connectivity index (χ1) is 10.5. The molecule has 1 saturated heterocycles. The summed E-state index contributed by atoms with van der Waals surface area (Å²) in [5.41, 5.74) is 5.91. The number of β-lactam (4-membered cyclic amide) rings is 1. The van der Waals surface area contributed by atoms with Crippen LogP contribution in [0.5, 0.6) is 0 Å². The number of nitrogens with two attached hydrogens (primary N) is 1. The second kappa shape index (κ2) is 6.80. The van der Waals surface area contributed by atoms with Crippen molar-refractivity contribution in [3.05, 3.63) is 35.6 Å². The van der Waals surface area contributed by atoms with E-state index in [1.54, 1.807) is 12.2 Å². The van der Waals surface area contributed by atoms with Gasteiger partial charge in [0.2, 0.25) is 5.91 Å². The highest BCUT2D eigenvalue weighted by molar-refractivity contribution is 8.00. The van der Waals surface area contributed by atoms with Crippen LogP contribution in [0.3, 0.4) is 0 Å². The van der Waals surface area contributed by atoms with Gasteiger partial charge in [0, 0.05) is 17.4 Å². The van der Waals surface area contributed by atoms with Crippen molar-refractivity contribution in [1.29, 1.82) is 0 Å². The third-order valence-electron chi connectivity index (χ3n) is 3.22. The van der Waals surface area contributed by atoms with Gasteiger partial charge in [0.15, 0.2) is 0 Å². The number of carbonyl (C=O) groups excluding carboxylic acids is 2.